The van der Waals surface area contributed by atoms with Crippen LogP contribution < -0.4 is 11.5 Å². The zero-order valence-electron chi connectivity index (χ0n) is 15.0. The molecule has 6 heteroatoms. The first-order valence-electron chi connectivity index (χ1n) is 10.1. The first-order valence-corrected chi connectivity index (χ1v) is 10.1. The summed E-state index contributed by atoms with van der Waals surface area (Å²) in [6.45, 7) is 3.58. The Morgan fingerprint density at radius 3 is 1.60 bits per heavy atom. The van der Waals surface area contributed by atoms with Gasteiger partial charge in [0.25, 0.3) is 0 Å². The van der Waals surface area contributed by atoms with E-state index in [0.29, 0.717) is 30.3 Å². The molecule has 4 aliphatic heterocycles. The topological polar surface area (TPSA) is 102 Å². The van der Waals surface area contributed by atoms with Gasteiger partial charge in [0.15, 0.2) is 0 Å². The van der Waals surface area contributed by atoms with Crippen LogP contribution in [0.4, 0.5) is 0 Å². The van der Waals surface area contributed by atoms with Crippen LogP contribution in [0, 0.1) is 16.7 Å². The molecule has 0 aromatic heterocycles. The first-order chi connectivity index (χ1) is 12.1. The summed E-state index contributed by atoms with van der Waals surface area (Å²) in [4.78, 5) is 0. The van der Waals surface area contributed by atoms with Gasteiger partial charge in [-0.1, -0.05) is 6.42 Å². The normalized spacial score (nSPS) is 50.8. The van der Waals surface area contributed by atoms with Gasteiger partial charge in [-0.05, 0) is 55.3 Å². The van der Waals surface area contributed by atoms with Crippen molar-refractivity contribution >= 4 is 0 Å². The molecular formula is C19H32N2O4. The molecule has 25 heavy (non-hydrogen) atoms. The molecule has 0 radical (unpaired) electrons. The lowest BCUT2D eigenvalue weighted by molar-refractivity contribution is -0.112. The van der Waals surface area contributed by atoms with Gasteiger partial charge in [-0.15, -0.1) is 0 Å². The number of ether oxygens (including phenoxy) is 4. The summed E-state index contributed by atoms with van der Waals surface area (Å²) in [6, 6.07) is 0. The van der Waals surface area contributed by atoms with Crippen LogP contribution >= 0.6 is 0 Å². The highest BCUT2D eigenvalue weighted by atomic mass is 16.6. The minimum absolute atomic E-state index is 0.0830. The van der Waals surface area contributed by atoms with E-state index in [2.05, 4.69) is 0 Å². The van der Waals surface area contributed by atoms with Crippen LogP contribution in [0.1, 0.15) is 44.9 Å². The van der Waals surface area contributed by atoms with Crippen LogP contribution in [0.15, 0.2) is 0 Å². The van der Waals surface area contributed by atoms with E-state index in [4.69, 9.17) is 30.4 Å². The molecule has 142 valence electrons. The molecule has 0 aromatic rings. The summed E-state index contributed by atoms with van der Waals surface area (Å²) >= 11 is 0. The van der Waals surface area contributed by atoms with E-state index in [9.17, 15) is 0 Å². The molecule has 6 nitrogen and oxygen atoms in total. The largest absolute Gasteiger partial charge is 0.373 e. The van der Waals surface area contributed by atoms with Crippen LogP contribution in [-0.2, 0) is 18.9 Å². The molecule has 4 saturated heterocycles. The van der Waals surface area contributed by atoms with E-state index in [-0.39, 0.29) is 17.0 Å². The molecule has 0 aromatic carbocycles. The van der Waals surface area contributed by atoms with Gasteiger partial charge in [0.05, 0.1) is 57.0 Å². The minimum Gasteiger partial charge on any atom is -0.373 e. The number of hydrogen-bond donors (Lipinski definition) is 2. The minimum atomic E-state index is -0.280. The Morgan fingerprint density at radius 1 is 0.760 bits per heavy atom. The quantitative estimate of drug-likeness (QED) is 0.477. The average Bonchev–Trinajstić information content (AvgIpc) is 3.42. The van der Waals surface area contributed by atoms with Crippen LogP contribution in [0.2, 0.25) is 0 Å². The first kappa shape index (κ1) is 16.9. The molecule has 0 amide bonds. The molecule has 1 aliphatic carbocycles. The highest BCUT2D eigenvalue weighted by Gasteiger charge is 2.63. The summed E-state index contributed by atoms with van der Waals surface area (Å²) in [7, 11) is 0. The zero-order chi connectivity index (χ0) is 17.1. The molecule has 0 spiro atoms. The Kier molecular flexibility index (Phi) is 4.15. The second-order valence-electron chi connectivity index (χ2n) is 9.15. The standard InChI is InChI=1S/C19H32N2O4/c20-17(21)16-2-1-3-18(4-12-8-22-12,5-13-9-23-13)19(16,6-14-10-24-14)7-15-11-25-15/h12-17H,1-11,20-21H2. The van der Waals surface area contributed by atoms with Gasteiger partial charge < -0.3 is 30.4 Å². The van der Waals surface area contributed by atoms with Crippen LogP contribution in [-0.4, -0.2) is 57.0 Å². The van der Waals surface area contributed by atoms with Gasteiger partial charge >= 0.3 is 0 Å². The highest BCUT2D eigenvalue weighted by molar-refractivity contribution is 5.12. The van der Waals surface area contributed by atoms with Crippen molar-refractivity contribution in [1.29, 1.82) is 0 Å². The third kappa shape index (κ3) is 3.37. The van der Waals surface area contributed by atoms with Gasteiger partial charge in [0.1, 0.15) is 0 Å². The fourth-order valence-electron chi connectivity index (χ4n) is 6.08. The predicted molar refractivity (Wildman–Crippen MR) is 91.8 cm³/mol. The summed E-state index contributed by atoms with van der Waals surface area (Å²) in [5, 5.41) is 0. The van der Waals surface area contributed by atoms with E-state index >= 15 is 0 Å². The number of nitrogens with two attached hydrogens (primary N) is 2. The molecule has 5 fully saturated rings. The Labute approximate surface area is 149 Å². The molecule has 4 heterocycles. The molecule has 0 bridgehead atoms. The maximum absolute atomic E-state index is 6.38. The van der Waals surface area contributed by atoms with Crippen LogP contribution in [0.25, 0.3) is 0 Å². The fraction of sp³-hybridized carbons (Fsp3) is 1.00. The molecule has 5 aliphatic rings. The van der Waals surface area contributed by atoms with Crippen molar-refractivity contribution in [2.45, 2.75) is 75.5 Å². The van der Waals surface area contributed by atoms with E-state index < -0.39 is 0 Å². The Bertz CT molecular complexity index is 470. The molecule has 5 rings (SSSR count). The van der Waals surface area contributed by atoms with Crippen molar-refractivity contribution in [3.8, 4) is 0 Å². The summed E-state index contributed by atoms with van der Waals surface area (Å²) < 4.78 is 22.8. The second kappa shape index (κ2) is 6.14. The van der Waals surface area contributed by atoms with Gasteiger partial charge in [0, 0.05) is 0 Å². The maximum Gasteiger partial charge on any atom is 0.0815 e. The number of epoxide rings is 4. The van der Waals surface area contributed by atoms with Crippen molar-refractivity contribution in [1.82, 2.24) is 0 Å². The third-order valence-electron chi connectivity index (χ3n) is 7.43. The monoisotopic (exact) mass is 352 g/mol. The molecule has 5 unspecified atom stereocenters. The summed E-state index contributed by atoms with van der Waals surface area (Å²) in [5.41, 5.74) is 13.0. The fourth-order valence-corrected chi connectivity index (χ4v) is 6.08. The number of hydrogen-bond acceptors (Lipinski definition) is 6. The molecular weight excluding hydrogens is 320 g/mol. The van der Waals surface area contributed by atoms with E-state index in [1.807, 2.05) is 0 Å². The van der Waals surface area contributed by atoms with Crippen LogP contribution in [0.5, 0.6) is 0 Å². The molecule has 1 saturated carbocycles. The zero-order valence-corrected chi connectivity index (χ0v) is 15.0. The lowest BCUT2D eigenvalue weighted by Crippen LogP contribution is -2.59. The molecule has 5 atom stereocenters. The SMILES string of the molecule is NC(N)C1CCCC(CC2CO2)(CC2CO2)C1(CC1CO1)CC1CO1. The Hall–Kier alpha value is -0.240. The van der Waals surface area contributed by atoms with Crippen molar-refractivity contribution in [2.24, 2.45) is 28.2 Å². The summed E-state index contributed by atoms with van der Waals surface area (Å²) in [5.74, 6) is 0.326. The van der Waals surface area contributed by atoms with Crippen molar-refractivity contribution in [3.05, 3.63) is 0 Å². The smallest absolute Gasteiger partial charge is 0.0815 e. The predicted octanol–water partition coefficient (Wildman–Crippen LogP) is 1.16. The highest BCUT2D eigenvalue weighted by Crippen LogP contribution is 2.66. The van der Waals surface area contributed by atoms with Gasteiger partial charge in [-0.25, -0.2) is 0 Å². The van der Waals surface area contributed by atoms with E-state index in [0.717, 1.165) is 58.5 Å². The Balaban J connectivity index is 1.54. The third-order valence-corrected chi connectivity index (χ3v) is 7.43. The second-order valence-corrected chi connectivity index (χ2v) is 9.15. The summed E-state index contributed by atoms with van der Waals surface area (Å²) in [6.07, 6.45) is 9.22. The van der Waals surface area contributed by atoms with Gasteiger partial charge in [0.2, 0.25) is 0 Å². The van der Waals surface area contributed by atoms with Gasteiger partial charge in [-0.2, -0.15) is 0 Å². The molecule has 4 N–H and O–H groups in total. The van der Waals surface area contributed by atoms with Crippen molar-refractivity contribution in [2.75, 3.05) is 26.4 Å². The number of rotatable bonds is 9. The lowest BCUT2D eigenvalue weighted by Gasteiger charge is -2.59. The van der Waals surface area contributed by atoms with Crippen LogP contribution in [0.3, 0.4) is 0 Å². The van der Waals surface area contributed by atoms with Gasteiger partial charge in [-0.3, -0.25) is 0 Å². The van der Waals surface area contributed by atoms with Crippen molar-refractivity contribution in [3.63, 3.8) is 0 Å². The van der Waals surface area contributed by atoms with E-state index in [1.165, 1.54) is 12.8 Å². The Morgan fingerprint density at radius 2 is 1.20 bits per heavy atom. The maximum atomic E-state index is 6.38. The van der Waals surface area contributed by atoms with E-state index in [1.54, 1.807) is 0 Å². The lowest BCUT2D eigenvalue weighted by atomic mass is 9.45. The van der Waals surface area contributed by atoms with Crippen molar-refractivity contribution < 1.29 is 18.9 Å². The average molecular weight is 352 g/mol.